The van der Waals surface area contributed by atoms with Crippen molar-refractivity contribution in [3.8, 4) is 0 Å². The van der Waals surface area contributed by atoms with Gasteiger partial charge in [-0.05, 0) is 31.5 Å². The maximum atomic E-state index is 13.6. The van der Waals surface area contributed by atoms with Gasteiger partial charge >= 0.3 is 0 Å². The van der Waals surface area contributed by atoms with E-state index in [1.807, 2.05) is 50.4 Å². The predicted octanol–water partition coefficient (Wildman–Crippen LogP) is 3.58. The van der Waals surface area contributed by atoms with Crippen molar-refractivity contribution in [1.82, 2.24) is 14.2 Å². The molecule has 0 atom stereocenters. The molecule has 0 saturated heterocycles. The summed E-state index contributed by atoms with van der Waals surface area (Å²) < 4.78 is 28.6. The number of carbonyl (C=O) groups is 1. The lowest BCUT2D eigenvalue weighted by molar-refractivity contribution is -0.116. The van der Waals surface area contributed by atoms with Gasteiger partial charge in [0, 0.05) is 23.9 Å². The van der Waals surface area contributed by atoms with E-state index in [4.69, 9.17) is 0 Å². The van der Waals surface area contributed by atoms with Gasteiger partial charge in [0.2, 0.25) is 15.9 Å². The number of rotatable bonds is 10. The van der Waals surface area contributed by atoms with Crippen molar-refractivity contribution in [2.45, 2.75) is 25.7 Å². The average molecular weight is 461 g/mol. The number of likely N-dealkylation sites (N-methyl/N-ethyl adjacent to an activating group) is 1. The van der Waals surface area contributed by atoms with Crippen molar-refractivity contribution in [3.63, 3.8) is 0 Å². The summed E-state index contributed by atoms with van der Waals surface area (Å²) in [5.74, 6) is -0.405. The Morgan fingerprint density at radius 1 is 1.06 bits per heavy atom. The Kier molecular flexibility index (Phi) is 7.77. The van der Waals surface area contributed by atoms with Gasteiger partial charge in [0.15, 0.2) is 5.13 Å². The molecule has 3 aromatic rings. The minimum absolute atomic E-state index is 0.211. The molecule has 3 rings (SSSR count). The van der Waals surface area contributed by atoms with Crippen LogP contribution < -0.4 is 5.32 Å². The normalized spacial score (nSPS) is 12.0. The lowest BCUT2D eigenvalue weighted by atomic mass is 10.1. The molecule has 1 aromatic heterocycles. The number of nitrogens with zero attached hydrogens (tertiary/aromatic N) is 3. The highest BCUT2D eigenvalue weighted by Gasteiger charge is 2.28. The van der Waals surface area contributed by atoms with Gasteiger partial charge in [-0.3, -0.25) is 4.79 Å². The smallest absolute Gasteiger partial charge is 0.244 e. The Labute approximate surface area is 187 Å². The summed E-state index contributed by atoms with van der Waals surface area (Å²) in [7, 11) is -3.89. The number of hydrogen-bond acceptors (Lipinski definition) is 6. The third kappa shape index (κ3) is 5.68. The summed E-state index contributed by atoms with van der Waals surface area (Å²) in [6, 6.07) is 12.6. The maximum Gasteiger partial charge on any atom is 0.244 e. The number of carbonyl (C=O) groups excluding carboxylic acids is 1. The van der Waals surface area contributed by atoms with E-state index < -0.39 is 15.9 Å². The van der Waals surface area contributed by atoms with Gasteiger partial charge in [-0.1, -0.05) is 50.2 Å². The van der Waals surface area contributed by atoms with E-state index in [0.717, 1.165) is 24.2 Å². The number of benzene rings is 2. The van der Waals surface area contributed by atoms with Gasteiger partial charge in [-0.15, -0.1) is 11.3 Å². The zero-order valence-electron chi connectivity index (χ0n) is 18.0. The van der Waals surface area contributed by atoms with Gasteiger partial charge in [0.05, 0.1) is 17.1 Å². The van der Waals surface area contributed by atoms with E-state index >= 15 is 0 Å². The molecule has 0 aliphatic heterocycles. The van der Waals surface area contributed by atoms with Crippen LogP contribution in [0.2, 0.25) is 0 Å². The van der Waals surface area contributed by atoms with E-state index in [2.05, 4.69) is 15.2 Å². The average Bonchev–Trinajstić information content (AvgIpc) is 3.17. The van der Waals surface area contributed by atoms with E-state index in [1.165, 1.54) is 15.6 Å². The van der Waals surface area contributed by atoms with Crippen LogP contribution in [0, 0.1) is 6.92 Å². The van der Waals surface area contributed by atoms with Gasteiger partial charge in [0.25, 0.3) is 0 Å². The zero-order chi connectivity index (χ0) is 22.4. The molecule has 31 heavy (non-hydrogen) atoms. The highest BCUT2D eigenvalue weighted by molar-refractivity contribution is 7.89. The molecule has 2 aromatic carbocycles. The maximum absolute atomic E-state index is 13.6. The Balaban J connectivity index is 1.90. The molecule has 0 bridgehead atoms. The molecule has 1 N–H and O–H groups in total. The van der Waals surface area contributed by atoms with E-state index in [-0.39, 0.29) is 18.0 Å². The molecule has 1 heterocycles. The van der Waals surface area contributed by atoms with Crippen molar-refractivity contribution >= 4 is 43.2 Å². The van der Waals surface area contributed by atoms with Crippen molar-refractivity contribution in [2.75, 3.05) is 38.0 Å². The second kappa shape index (κ2) is 10.3. The third-order valence-corrected chi connectivity index (χ3v) is 7.89. The summed E-state index contributed by atoms with van der Waals surface area (Å²) in [4.78, 5) is 19.3. The first-order chi connectivity index (χ1) is 14.8. The number of amides is 1. The van der Waals surface area contributed by atoms with Crippen LogP contribution in [0.3, 0.4) is 0 Å². The van der Waals surface area contributed by atoms with Crippen molar-refractivity contribution in [2.24, 2.45) is 0 Å². The molecule has 0 spiro atoms. The van der Waals surface area contributed by atoms with Gasteiger partial charge in [0.1, 0.15) is 0 Å². The van der Waals surface area contributed by atoms with Crippen LogP contribution in [0.25, 0.3) is 10.8 Å². The van der Waals surface area contributed by atoms with Crippen LogP contribution in [0.4, 0.5) is 5.13 Å². The molecule has 7 nitrogen and oxygen atoms in total. The van der Waals surface area contributed by atoms with Crippen molar-refractivity contribution in [3.05, 3.63) is 53.5 Å². The second-order valence-corrected chi connectivity index (χ2v) is 9.95. The first kappa shape index (κ1) is 23.3. The second-order valence-electron chi connectivity index (χ2n) is 7.18. The molecule has 0 radical (unpaired) electrons. The minimum Gasteiger partial charge on any atom is -0.303 e. The van der Waals surface area contributed by atoms with Gasteiger partial charge in [-0.25, -0.2) is 13.4 Å². The molecular weight excluding hydrogens is 432 g/mol. The number of hydrogen-bond donors (Lipinski definition) is 1. The quantitative estimate of drug-likeness (QED) is 0.500. The lowest BCUT2D eigenvalue weighted by Crippen LogP contribution is -2.42. The number of nitrogens with one attached hydrogen (secondary N) is 1. The molecule has 166 valence electrons. The summed E-state index contributed by atoms with van der Waals surface area (Å²) in [5.41, 5.74) is 0.807. The summed E-state index contributed by atoms with van der Waals surface area (Å²) in [6.07, 6.45) is 0. The summed E-state index contributed by atoms with van der Waals surface area (Å²) >= 11 is 1.32. The first-order valence-electron chi connectivity index (χ1n) is 10.3. The Morgan fingerprint density at radius 3 is 2.45 bits per heavy atom. The number of aryl methyl sites for hydroxylation is 1. The molecule has 0 unspecified atom stereocenters. The fourth-order valence-electron chi connectivity index (χ4n) is 3.37. The molecule has 1 amide bonds. The third-order valence-electron chi connectivity index (χ3n) is 5.11. The Hall–Kier alpha value is -2.33. The standard InChI is InChI=1S/C22H28N4O3S2/c1-4-25(5-2)13-14-26(15-21(27)24-22-23-17(3)16-30-22)31(28,29)20-12-8-10-18-9-6-7-11-19(18)20/h6-12,16H,4-5,13-15H2,1-3H3,(H,23,24,27). The zero-order valence-corrected chi connectivity index (χ0v) is 19.7. The van der Waals surface area contributed by atoms with E-state index in [1.54, 1.807) is 18.2 Å². The van der Waals surface area contributed by atoms with Gasteiger partial charge in [-0.2, -0.15) is 4.31 Å². The highest BCUT2D eigenvalue weighted by Crippen LogP contribution is 2.26. The van der Waals surface area contributed by atoms with Gasteiger partial charge < -0.3 is 10.2 Å². The van der Waals surface area contributed by atoms with E-state index in [9.17, 15) is 13.2 Å². The summed E-state index contributed by atoms with van der Waals surface area (Å²) in [5, 5.41) is 6.51. The van der Waals surface area contributed by atoms with Crippen LogP contribution in [-0.4, -0.2) is 61.2 Å². The van der Waals surface area contributed by atoms with Crippen LogP contribution in [0.1, 0.15) is 19.5 Å². The lowest BCUT2D eigenvalue weighted by Gasteiger charge is -2.26. The molecule has 0 fully saturated rings. The molecular formula is C22H28N4O3S2. The monoisotopic (exact) mass is 460 g/mol. The topological polar surface area (TPSA) is 82.6 Å². The minimum atomic E-state index is -3.89. The largest absolute Gasteiger partial charge is 0.303 e. The van der Waals surface area contributed by atoms with Crippen molar-refractivity contribution in [1.29, 1.82) is 0 Å². The number of sulfonamides is 1. The van der Waals surface area contributed by atoms with Crippen LogP contribution >= 0.6 is 11.3 Å². The number of fused-ring (bicyclic) bond motifs is 1. The predicted molar refractivity (Wildman–Crippen MR) is 126 cm³/mol. The SMILES string of the molecule is CCN(CC)CCN(CC(=O)Nc1nc(C)cs1)S(=O)(=O)c1cccc2ccccc12. The number of thiazole rings is 1. The fourth-order valence-corrected chi connectivity index (χ4v) is 5.67. The molecule has 0 saturated carbocycles. The highest BCUT2D eigenvalue weighted by atomic mass is 32.2. The Bertz CT molecular complexity index is 1140. The van der Waals surface area contributed by atoms with Crippen LogP contribution in [0.15, 0.2) is 52.7 Å². The summed E-state index contributed by atoms with van der Waals surface area (Å²) in [6.45, 7) is 8.01. The molecule has 0 aliphatic rings. The van der Waals surface area contributed by atoms with Crippen molar-refractivity contribution < 1.29 is 13.2 Å². The number of aromatic nitrogens is 1. The van der Waals surface area contributed by atoms with Crippen LogP contribution in [-0.2, 0) is 14.8 Å². The fraction of sp³-hybridized carbons (Fsp3) is 0.364. The molecule has 0 aliphatic carbocycles. The molecule has 9 heteroatoms. The first-order valence-corrected chi connectivity index (χ1v) is 12.6. The van der Waals surface area contributed by atoms with E-state index in [0.29, 0.717) is 17.1 Å². The van der Waals surface area contributed by atoms with Crippen LogP contribution in [0.5, 0.6) is 0 Å². The number of anilines is 1. The Morgan fingerprint density at radius 2 is 1.77 bits per heavy atom.